The maximum absolute atomic E-state index is 13.3. The van der Waals surface area contributed by atoms with Crippen LogP contribution in [-0.4, -0.2) is 38.2 Å². The Hall–Kier alpha value is -3.15. The molecule has 6 nitrogen and oxygen atoms in total. The van der Waals surface area contributed by atoms with Gasteiger partial charge in [0.1, 0.15) is 0 Å². The monoisotopic (exact) mass is 376 g/mol. The summed E-state index contributed by atoms with van der Waals surface area (Å²) >= 11 is 0. The van der Waals surface area contributed by atoms with Crippen LogP contribution in [0.3, 0.4) is 0 Å². The Morgan fingerprint density at radius 2 is 1.75 bits per heavy atom. The second-order valence-electron chi connectivity index (χ2n) is 8.19. The largest absolute Gasteiger partial charge is 0.345 e. The summed E-state index contributed by atoms with van der Waals surface area (Å²) < 4.78 is 1.69. The van der Waals surface area contributed by atoms with Crippen LogP contribution >= 0.6 is 0 Å². The van der Waals surface area contributed by atoms with Crippen LogP contribution in [0, 0.1) is 0 Å². The van der Waals surface area contributed by atoms with Crippen molar-refractivity contribution in [3.63, 3.8) is 0 Å². The van der Waals surface area contributed by atoms with Crippen LogP contribution in [-0.2, 0) is 13.0 Å². The Kier molecular flexibility index (Phi) is 4.41. The SMILES string of the molecule is CC(C)(C)NC(=O)c1nc(C(=O)N2CCc3ccccc3C2)c2ccccn12. The minimum Gasteiger partial charge on any atom is -0.345 e. The van der Waals surface area contributed by atoms with E-state index in [1.807, 2.05) is 56.0 Å². The van der Waals surface area contributed by atoms with E-state index in [0.29, 0.717) is 24.3 Å². The number of carbonyl (C=O) groups is 2. The highest BCUT2D eigenvalue weighted by Gasteiger charge is 2.28. The van der Waals surface area contributed by atoms with Crippen LogP contribution in [0.5, 0.6) is 0 Å². The molecule has 0 radical (unpaired) electrons. The highest BCUT2D eigenvalue weighted by molar-refractivity contribution is 6.02. The minimum absolute atomic E-state index is 0.145. The van der Waals surface area contributed by atoms with Gasteiger partial charge in [-0.2, -0.15) is 0 Å². The van der Waals surface area contributed by atoms with Gasteiger partial charge in [-0.15, -0.1) is 0 Å². The number of hydrogen-bond acceptors (Lipinski definition) is 3. The van der Waals surface area contributed by atoms with E-state index < -0.39 is 5.54 Å². The van der Waals surface area contributed by atoms with E-state index in [2.05, 4.69) is 22.4 Å². The molecule has 0 fully saturated rings. The normalized spacial score (nSPS) is 14.0. The third kappa shape index (κ3) is 3.38. The summed E-state index contributed by atoms with van der Waals surface area (Å²) in [7, 11) is 0. The van der Waals surface area contributed by atoms with Crippen molar-refractivity contribution >= 4 is 17.3 Å². The van der Waals surface area contributed by atoms with Crippen molar-refractivity contribution in [2.75, 3.05) is 6.54 Å². The number of rotatable bonds is 2. The molecule has 6 heteroatoms. The van der Waals surface area contributed by atoms with Gasteiger partial charge in [0.2, 0.25) is 5.82 Å². The number of hydrogen-bond donors (Lipinski definition) is 1. The number of fused-ring (bicyclic) bond motifs is 2. The molecular formula is C22H24N4O2. The number of pyridine rings is 1. The smallest absolute Gasteiger partial charge is 0.288 e. The highest BCUT2D eigenvalue weighted by atomic mass is 16.2. The molecule has 28 heavy (non-hydrogen) atoms. The van der Waals surface area contributed by atoms with Gasteiger partial charge in [-0.3, -0.25) is 14.0 Å². The number of benzene rings is 1. The first kappa shape index (κ1) is 18.2. The molecular weight excluding hydrogens is 352 g/mol. The molecule has 2 amide bonds. The van der Waals surface area contributed by atoms with Gasteiger partial charge in [0.15, 0.2) is 5.69 Å². The van der Waals surface area contributed by atoms with Crippen molar-refractivity contribution in [2.24, 2.45) is 0 Å². The van der Waals surface area contributed by atoms with E-state index in [1.165, 1.54) is 5.56 Å². The predicted molar refractivity (Wildman–Crippen MR) is 107 cm³/mol. The van der Waals surface area contributed by atoms with E-state index in [1.54, 1.807) is 10.6 Å². The Bertz CT molecular complexity index is 1060. The van der Waals surface area contributed by atoms with Crippen molar-refractivity contribution < 1.29 is 9.59 Å². The Morgan fingerprint density at radius 3 is 2.50 bits per heavy atom. The van der Waals surface area contributed by atoms with E-state index >= 15 is 0 Å². The topological polar surface area (TPSA) is 66.7 Å². The van der Waals surface area contributed by atoms with Crippen molar-refractivity contribution in [2.45, 2.75) is 39.3 Å². The van der Waals surface area contributed by atoms with Crippen LogP contribution in [0.4, 0.5) is 0 Å². The molecule has 0 atom stereocenters. The molecule has 1 aliphatic heterocycles. The zero-order chi connectivity index (χ0) is 19.9. The zero-order valence-electron chi connectivity index (χ0n) is 16.4. The lowest BCUT2D eigenvalue weighted by atomic mass is 10.00. The Labute approximate surface area is 164 Å². The van der Waals surface area contributed by atoms with Gasteiger partial charge in [-0.25, -0.2) is 4.98 Å². The molecule has 0 saturated carbocycles. The van der Waals surface area contributed by atoms with Crippen LogP contribution in [0.15, 0.2) is 48.7 Å². The molecule has 0 aliphatic carbocycles. The van der Waals surface area contributed by atoms with Crippen molar-refractivity contribution in [3.05, 3.63) is 71.3 Å². The van der Waals surface area contributed by atoms with Crippen molar-refractivity contribution in [1.82, 2.24) is 19.6 Å². The zero-order valence-corrected chi connectivity index (χ0v) is 16.4. The number of nitrogens with zero attached hydrogens (tertiary/aromatic N) is 3. The molecule has 0 saturated heterocycles. The van der Waals surface area contributed by atoms with Gasteiger partial charge in [0.05, 0.1) is 5.52 Å². The number of amides is 2. The van der Waals surface area contributed by atoms with Gasteiger partial charge < -0.3 is 10.2 Å². The lowest BCUT2D eigenvalue weighted by Gasteiger charge is -2.28. The lowest BCUT2D eigenvalue weighted by Crippen LogP contribution is -2.41. The van der Waals surface area contributed by atoms with Crippen LogP contribution in [0.2, 0.25) is 0 Å². The molecule has 0 spiro atoms. The predicted octanol–water partition coefficient (Wildman–Crippen LogP) is 3.06. The molecule has 3 aromatic rings. The summed E-state index contributed by atoms with van der Waals surface area (Å²) in [5.74, 6) is -0.212. The summed E-state index contributed by atoms with van der Waals surface area (Å²) in [5, 5.41) is 2.93. The quantitative estimate of drug-likeness (QED) is 0.747. The maximum Gasteiger partial charge on any atom is 0.288 e. The molecule has 3 heterocycles. The first-order valence-corrected chi connectivity index (χ1v) is 9.49. The summed E-state index contributed by atoms with van der Waals surface area (Å²) in [6.45, 7) is 6.95. The van der Waals surface area contributed by atoms with Gasteiger partial charge in [0.25, 0.3) is 11.8 Å². The number of carbonyl (C=O) groups excluding carboxylic acids is 2. The maximum atomic E-state index is 13.3. The average molecular weight is 376 g/mol. The fourth-order valence-corrected chi connectivity index (χ4v) is 3.57. The molecule has 1 aromatic carbocycles. The fourth-order valence-electron chi connectivity index (χ4n) is 3.57. The molecule has 0 bridgehead atoms. The molecule has 4 rings (SSSR count). The van der Waals surface area contributed by atoms with Crippen LogP contribution in [0.1, 0.15) is 53.0 Å². The Morgan fingerprint density at radius 1 is 1.04 bits per heavy atom. The molecule has 2 aromatic heterocycles. The van der Waals surface area contributed by atoms with Crippen LogP contribution in [0.25, 0.3) is 5.52 Å². The Balaban J connectivity index is 1.69. The standard InChI is InChI=1S/C22H24N4O2/c1-22(2,3)24-20(27)19-23-18(17-10-6-7-12-26(17)19)21(28)25-13-11-15-8-4-5-9-16(15)14-25/h4-10,12H,11,13-14H2,1-3H3,(H,24,27). The van der Waals surface area contributed by atoms with Crippen molar-refractivity contribution in [3.8, 4) is 0 Å². The number of nitrogens with one attached hydrogen (secondary N) is 1. The van der Waals surface area contributed by atoms with Gasteiger partial charge >= 0.3 is 0 Å². The third-order valence-corrected chi connectivity index (χ3v) is 4.86. The summed E-state index contributed by atoms with van der Waals surface area (Å²) in [5.41, 5.74) is 3.02. The second kappa shape index (κ2) is 6.78. The van der Waals surface area contributed by atoms with E-state index in [0.717, 1.165) is 12.0 Å². The fraction of sp³-hybridized carbons (Fsp3) is 0.318. The molecule has 0 unspecified atom stereocenters. The number of aromatic nitrogens is 2. The minimum atomic E-state index is -0.390. The van der Waals surface area contributed by atoms with Gasteiger partial charge in [-0.1, -0.05) is 30.3 Å². The summed E-state index contributed by atoms with van der Waals surface area (Å²) in [6, 6.07) is 13.7. The van der Waals surface area contributed by atoms with Crippen LogP contribution < -0.4 is 5.32 Å². The second-order valence-corrected chi connectivity index (χ2v) is 8.19. The summed E-state index contributed by atoms with van der Waals surface area (Å²) in [4.78, 5) is 32.3. The van der Waals surface area contributed by atoms with E-state index in [4.69, 9.17) is 0 Å². The molecule has 1 N–H and O–H groups in total. The van der Waals surface area contributed by atoms with Gasteiger partial charge in [-0.05, 0) is 50.5 Å². The number of imidazole rings is 1. The molecule has 144 valence electrons. The van der Waals surface area contributed by atoms with E-state index in [-0.39, 0.29) is 17.6 Å². The van der Waals surface area contributed by atoms with E-state index in [9.17, 15) is 9.59 Å². The first-order valence-electron chi connectivity index (χ1n) is 9.49. The first-order chi connectivity index (χ1) is 13.3. The average Bonchev–Trinajstić information content (AvgIpc) is 3.05. The van der Waals surface area contributed by atoms with Gasteiger partial charge in [0, 0.05) is 24.8 Å². The third-order valence-electron chi connectivity index (χ3n) is 4.86. The molecule has 1 aliphatic rings. The summed E-state index contributed by atoms with van der Waals surface area (Å²) in [6.07, 6.45) is 2.59. The van der Waals surface area contributed by atoms with Crippen molar-refractivity contribution in [1.29, 1.82) is 0 Å². The lowest BCUT2D eigenvalue weighted by molar-refractivity contribution is 0.0731. The highest BCUT2D eigenvalue weighted by Crippen LogP contribution is 2.22.